The molecule has 3 N–H and O–H groups in total. The summed E-state index contributed by atoms with van der Waals surface area (Å²) in [5, 5.41) is 24.1. The minimum atomic E-state index is -0.897. The van der Waals surface area contributed by atoms with Crippen molar-refractivity contribution in [1.29, 1.82) is 0 Å². The minimum Gasteiger partial charge on any atom is -0.480 e. The first kappa shape index (κ1) is 15.8. The number of carbonyl (C=O) groups is 1. The third kappa shape index (κ3) is 22.5. The Morgan fingerprint density at radius 1 is 1.50 bits per heavy atom. The van der Waals surface area contributed by atoms with Gasteiger partial charge < -0.3 is 20.1 Å². The van der Waals surface area contributed by atoms with E-state index in [1.54, 1.807) is 0 Å². The van der Waals surface area contributed by atoms with Crippen LogP contribution in [0.3, 0.4) is 0 Å². The van der Waals surface area contributed by atoms with Crippen LogP contribution in [0.25, 0.3) is 0 Å². The van der Waals surface area contributed by atoms with E-state index in [4.69, 9.17) is 20.1 Å². The highest BCUT2D eigenvalue weighted by molar-refractivity contribution is 5.67. The minimum absolute atomic E-state index is 0.139. The molecule has 0 rings (SSSR count). The molecular formula is C9H20O5. The molecule has 0 fully saturated rings. The first-order valence-corrected chi connectivity index (χ1v) is 4.63. The van der Waals surface area contributed by atoms with Gasteiger partial charge in [-0.25, -0.2) is 4.79 Å². The van der Waals surface area contributed by atoms with Gasteiger partial charge in [-0.2, -0.15) is 0 Å². The van der Waals surface area contributed by atoms with Crippen LogP contribution >= 0.6 is 0 Å². The molecule has 0 aliphatic heterocycles. The van der Waals surface area contributed by atoms with Crippen molar-refractivity contribution in [3.8, 4) is 0 Å². The summed E-state index contributed by atoms with van der Waals surface area (Å²) < 4.78 is 4.74. The zero-order chi connectivity index (χ0) is 11.4. The fraction of sp³-hybridized carbons (Fsp3) is 0.889. The Balaban J connectivity index is 0. The van der Waals surface area contributed by atoms with Gasteiger partial charge in [0.25, 0.3) is 0 Å². The number of hydrogen-bond acceptors (Lipinski definition) is 4. The largest absolute Gasteiger partial charge is 0.480 e. The maximum absolute atomic E-state index is 9.84. The molecule has 0 saturated heterocycles. The highest BCUT2D eigenvalue weighted by Crippen LogP contribution is 1.86. The molecule has 0 radical (unpaired) electrons. The smallest absolute Gasteiger partial charge is 0.329 e. The second kappa shape index (κ2) is 12.3. The van der Waals surface area contributed by atoms with Crippen LogP contribution in [0.15, 0.2) is 0 Å². The number of unbranched alkanes of at least 4 members (excludes halogenated alkanes) is 1. The first-order valence-electron chi connectivity index (χ1n) is 4.63. The van der Waals surface area contributed by atoms with Gasteiger partial charge in [0.2, 0.25) is 0 Å². The summed E-state index contributed by atoms with van der Waals surface area (Å²) in [5.74, 6) is -0.897. The SMILES string of the molecule is CC(O)CO.CCCCOCC(=O)O. The molecule has 5 nitrogen and oxygen atoms in total. The van der Waals surface area contributed by atoms with E-state index < -0.39 is 12.1 Å². The lowest BCUT2D eigenvalue weighted by molar-refractivity contribution is -0.142. The van der Waals surface area contributed by atoms with E-state index in [1.807, 2.05) is 6.92 Å². The number of hydrogen-bond donors (Lipinski definition) is 3. The normalized spacial score (nSPS) is 11.4. The molecule has 0 aromatic rings. The Morgan fingerprint density at radius 2 is 2.00 bits per heavy atom. The van der Waals surface area contributed by atoms with Crippen molar-refractivity contribution in [2.24, 2.45) is 0 Å². The fourth-order valence-electron chi connectivity index (χ4n) is 0.406. The van der Waals surface area contributed by atoms with Gasteiger partial charge in [-0.3, -0.25) is 0 Å². The molecule has 0 heterocycles. The van der Waals surface area contributed by atoms with E-state index in [2.05, 4.69) is 0 Å². The van der Waals surface area contributed by atoms with E-state index in [1.165, 1.54) is 6.92 Å². The van der Waals surface area contributed by atoms with Gasteiger partial charge in [0.15, 0.2) is 0 Å². The van der Waals surface area contributed by atoms with Gasteiger partial charge in [0, 0.05) is 6.61 Å². The van der Waals surface area contributed by atoms with Crippen LogP contribution in [0.1, 0.15) is 26.7 Å². The number of aliphatic hydroxyl groups excluding tert-OH is 2. The molecule has 5 heteroatoms. The molecule has 14 heavy (non-hydrogen) atoms. The third-order valence-corrected chi connectivity index (χ3v) is 1.13. The molecule has 1 atom stereocenters. The van der Waals surface area contributed by atoms with Crippen molar-refractivity contribution >= 4 is 5.97 Å². The molecule has 0 aromatic heterocycles. The monoisotopic (exact) mass is 208 g/mol. The van der Waals surface area contributed by atoms with E-state index >= 15 is 0 Å². The lowest BCUT2D eigenvalue weighted by atomic mass is 10.4. The highest BCUT2D eigenvalue weighted by Gasteiger charge is 1.93. The van der Waals surface area contributed by atoms with Gasteiger partial charge >= 0.3 is 5.97 Å². The second-order valence-corrected chi connectivity index (χ2v) is 2.83. The summed E-state index contributed by atoms with van der Waals surface area (Å²) in [4.78, 5) is 9.84. The van der Waals surface area contributed by atoms with Gasteiger partial charge in [-0.05, 0) is 13.3 Å². The Hall–Kier alpha value is -0.650. The molecule has 0 aliphatic rings. The van der Waals surface area contributed by atoms with Crippen LogP contribution in [0.2, 0.25) is 0 Å². The summed E-state index contributed by atoms with van der Waals surface area (Å²) in [5.41, 5.74) is 0. The van der Waals surface area contributed by atoms with Crippen molar-refractivity contribution < 1.29 is 24.9 Å². The van der Waals surface area contributed by atoms with Gasteiger partial charge in [0.1, 0.15) is 6.61 Å². The second-order valence-electron chi connectivity index (χ2n) is 2.83. The predicted octanol–water partition coefficient (Wildman–Crippen LogP) is 0.247. The van der Waals surface area contributed by atoms with Crippen molar-refractivity contribution in [2.45, 2.75) is 32.8 Å². The van der Waals surface area contributed by atoms with Gasteiger partial charge in [-0.1, -0.05) is 13.3 Å². The van der Waals surface area contributed by atoms with Crippen molar-refractivity contribution in [3.63, 3.8) is 0 Å². The highest BCUT2D eigenvalue weighted by atomic mass is 16.5. The van der Waals surface area contributed by atoms with E-state index in [-0.39, 0.29) is 13.2 Å². The lowest BCUT2D eigenvalue weighted by Gasteiger charge is -1.96. The van der Waals surface area contributed by atoms with Crippen LogP contribution in [-0.4, -0.2) is 47.2 Å². The van der Waals surface area contributed by atoms with E-state index in [0.717, 1.165) is 12.8 Å². The summed E-state index contributed by atoms with van der Waals surface area (Å²) >= 11 is 0. The summed E-state index contributed by atoms with van der Waals surface area (Å²) in [7, 11) is 0. The number of ether oxygens (including phenoxy) is 1. The zero-order valence-electron chi connectivity index (χ0n) is 8.77. The third-order valence-electron chi connectivity index (χ3n) is 1.13. The Kier molecular flexibility index (Phi) is 13.9. The number of carboxylic acid groups (broad SMARTS) is 1. The van der Waals surface area contributed by atoms with Crippen LogP contribution in [0, 0.1) is 0 Å². The van der Waals surface area contributed by atoms with E-state index in [0.29, 0.717) is 6.61 Å². The quantitative estimate of drug-likeness (QED) is 0.544. The predicted molar refractivity (Wildman–Crippen MR) is 52.1 cm³/mol. The zero-order valence-corrected chi connectivity index (χ0v) is 8.77. The number of rotatable bonds is 6. The molecule has 86 valence electrons. The lowest BCUT2D eigenvalue weighted by Crippen LogP contribution is -2.07. The Labute approximate surface area is 84.3 Å². The number of aliphatic carboxylic acids is 1. The van der Waals surface area contributed by atoms with Gasteiger partial charge in [-0.15, -0.1) is 0 Å². The van der Waals surface area contributed by atoms with Crippen molar-refractivity contribution in [3.05, 3.63) is 0 Å². The van der Waals surface area contributed by atoms with Crippen molar-refractivity contribution in [2.75, 3.05) is 19.8 Å². The molecule has 0 aromatic carbocycles. The fourth-order valence-corrected chi connectivity index (χ4v) is 0.406. The maximum atomic E-state index is 9.84. The molecule has 0 saturated carbocycles. The number of aliphatic hydroxyl groups is 2. The van der Waals surface area contributed by atoms with Gasteiger partial charge in [0.05, 0.1) is 12.7 Å². The van der Waals surface area contributed by atoms with Crippen LogP contribution in [-0.2, 0) is 9.53 Å². The first-order chi connectivity index (χ1) is 6.54. The molecule has 1 unspecified atom stereocenters. The molecular weight excluding hydrogens is 188 g/mol. The molecule has 0 aliphatic carbocycles. The summed E-state index contributed by atoms with van der Waals surface area (Å²) in [6, 6.07) is 0. The maximum Gasteiger partial charge on any atom is 0.329 e. The van der Waals surface area contributed by atoms with E-state index in [9.17, 15) is 4.79 Å². The van der Waals surface area contributed by atoms with Crippen LogP contribution < -0.4 is 0 Å². The summed E-state index contributed by atoms with van der Waals surface area (Å²) in [6.45, 7) is 3.81. The average Bonchev–Trinajstić information content (AvgIpc) is 2.13. The van der Waals surface area contributed by atoms with Crippen molar-refractivity contribution in [1.82, 2.24) is 0 Å². The average molecular weight is 208 g/mol. The molecule has 0 bridgehead atoms. The Bertz CT molecular complexity index is 124. The topological polar surface area (TPSA) is 87.0 Å². The molecule has 0 amide bonds. The Morgan fingerprint density at radius 3 is 2.29 bits per heavy atom. The summed E-state index contributed by atoms with van der Waals surface area (Å²) in [6.07, 6.45) is 1.42. The molecule has 0 spiro atoms. The van der Waals surface area contributed by atoms with Crippen LogP contribution in [0.5, 0.6) is 0 Å². The van der Waals surface area contributed by atoms with Crippen LogP contribution in [0.4, 0.5) is 0 Å². The standard InChI is InChI=1S/C6H12O3.C3H8O2/c1-2-3-4-9-5-6(7)8;1-3(5)2-4/h2-5H2,1H3,(H,7,8);3-5H,2H2,1H3. The number of carboxylic acids is 1.